The van der Waals surface area contributed by atoms with Crippen LogP contribution >= 0.6 is 0 Å². The minimum Gasteiger partial charge on any atom is -0.464 e. The second kappa shape index (κ2) is 4.90. The molecule has 0 aliphatic carbocycles. The molecule has 4 heteroatoms. The van der Waals surface area contributed by atoms with Gasteiger partial charge in [-0.25, -0.2) is 0 Å². The monoisotopic (exact) mass is 255 g/mol. The molecular weight excluding hydrogens is 238 g/mol. The molecular formula is C15H17N3O. The van der Waals surface area contributed by atoms with Crippen molar-refractivity contribution in [1.29, 1.82) is 0 Å². The van der Waals surface area contributed by atoms with Crippen LogP contribution < -0.4 is 5.32 Å². The minimum atomic E-state index is 0.0647. The van der Waals surface area contributed by atoms with Gasteiger partial charge in [-0.3, -0.25) is 4.68 Å². The maximum absolute atomic E-state index is 5.63. The van der Waals surface area contributed by atoms with E-state index < -0.39 is 0 Å². The van der Waals surface area contributed by atoms with Crippen LogP contribution in [0.3, 0.4) is 0 Å². The van der Waals surface area contributed by atoms with E-state index in [9.17, 15) is 0 Å². The number of aryl methyl sites for hydroxylation is 1. The third kappa shape index (κ3) is 2.15. The first kappa shape index (κ1) is 12.0. The van der Waals surface area contributed by atoms with Crippen LogP contribution in [0.15, 0.2) is 47.2 Å². The number of nitrogens with one attached hydrogen (secondary N) is 1. The third-order valence-corrected chi connectivity index (χ3v) is 3.26. The number of furan rings is 1. The Morgan fingerprint density at radius 1 is 1.32 bits per heavy atom. The van der Waals surface area contributed by atoms with Crippen molar-refractivity contribution in [2.75, 3.05) is 6.54 Å². The van der Waals surface area contributed by atoms with Gasteiger partial charge in [-0.15, -0.1) is 0 Å². The van der Waals surface area contributed by atoms with Gasteiger partial charge in [0.1, 0.15) is 5.58 Å². The van der Waals surface area contributed by atoms with Gasteiger partial charge in [0.2, 0.25) is 0 Å². The molecule has 0 spiro atoms. The van der Waals surface area contributed by atoms with Crippen molar-refractivity contribution in [2.24, 2.45) is 7.05 Å². The summed E-state index contributed by atoms with van der Waals surface area (Å²) in [6.07, 6.45) is 3.79. The summed E-state index contributed by atoms with van der Waals surface area (Å²) in [5.74, 6) is 0. The van der Waals surface area contributed by atoms with Gasteiger partial charge in [0.05, 0.1) is 18.0 Å². The number of para-hydroxylation sites is 1. The molecule has 0 aliphatic rings. The molecule has 0 bridgehead atoms. The molecule has 0 saturated heterocycles. The molecule has 1 aromatic carbocycles. The lowest BCUT2D eigenvalue weighted by molar-refractivity contribution is 0.572. The zero-order valence-corrected chi connectivity index (χ0v) is 11.1. The summed E-state index contributed by atoms with van der Waals surface area (Å²) in [4.78, 5) is 0. The summed E-state index contributed by atoms with van der Waals surface area (Å²) in [5.41, 5.74) is 3.06. The highest BCUT2D eigenvalue weighted by Gasteiger charge is 2.20. The van der Waals surface area contributed by atoms with Crippen molar-refractivity contribution in [3.63, 3.8) is 0 Å². The molecule has 4 nitrogen and oxygen atoms in total. The van der Waals surface area contributed by atoms with E-state index in [-0.39, 0.29) is 6.04 Å². The highest BCUT2D eigenvalue weighted by Crippen LogP contribution is 2.29. The van der Waals surface area contributed by atoms with Gasteiger partial charge < -0.3 is 9.73 Å². The predicted molar refractivity (Wildman–Crippen MR) is 74.9 cm³/mol. The van der Waals surface area contributed by atoms with E-state index in [1.807, 2.05) is 48.5 Å². The average molecular weight is 255 g/mol. The molecule has 1 N–H and O–H groups in total. The third-order valence-electron chi connectivity index (χ3n) is 3.26. The highest BCUT2D eigenvalue weighted by atomic mass is 16.3. The van der Waals surface area contributed by atoms with Crippen LogP contribution in [-0.4, -0.2) is 16.3 Å². The molecule has 0 fully saturated rings. The Bertz CT molecular complexity index is 683. The molecule has 98 valence electrons. The van der Waals surface area contributed by atoms with Crippen LogP contribution in [0.4, 0.5) is 0 Å². The normalized spacial score (nSPS) is 12.9. The van der Waals surface area contributed by atoms with Gasteiger partial charge in [-0.05, 0) is 18.7 Å². The smallest absolute Gasteiger partial charge is 0.134 e. The Kier molecular flexibility index (Phi) is 3.09. The lowest BCUT2D eigenvalue weighted by atomic mass is 10.0. The van der Waals surface area contributed by atoms with E-state index >= 15 is 0 Å². The first-order chi connectivity index (χ1) is 9.29. The molecule has 1 atom stereocenters. The topological polar surface area (TPSA) is 43.0 Å². The number of hydrogen-bond acceptors (Lipinski definition) is 3. The van der Waals surface area contributed by atoms with Crippen molar-refractivity contribution in [2.45, 2.75) is 13.0 Å². The number of aromatic nitrogens is 2. The van der Waals surface area contributed by atoms with Crippen LogP contribution in [0, 0.1) is 0 Å². The highest BCUT2D eigenvalue weighted by molar-refractivity contribution is 5.81. The van der Waals surface area contributed by atoms with Crippen LogP contribution in [0.1, 0.15) is 24.2 Å². The first-order valence-corrected chi connectivity index (χ1v) is 6.48. The summed E-state index contributed by atoms with van der Waals surface area (Å²) in [7, 11) is 1.93. The van der Waals surface area contributed by atoms with Crippen molar-refractivity contribution in [3.8, 4) is 0 Å². The lowest BCUT2D eigenvalue weighted by Gasteiger charge is -2.14. The van der Waals surface area contributed by atoms with E-state index in [1.165, 1.54) is 0 Å². The van der Waals surface area contributed by atoms with Crippen molar-refractivity contribution in [1.82, 2.24) is 15.1 Å². The molecule has 3 rings (SSSR count). The summed E-state index contributed by atoms with van der Waals surface area (Å²) >= 11 is 0. The Balaban J connectivity index is 2.09. The second-order valence-electron chi connectivity index (χ2n) is 4.59. The first-order valence-electron chi connectivity index (χ1n) is 6.48. The molecule has 3 aromatic rings. The number of nitrogens with zero attached hydrogens (tertiary/aromatic N) is 2. The van der Waals surface area contributed by atoms with Crippen molar-refractivity contribution >= 4 is 11.0 Å². The maximum Gasteiger partial charge on any atom is 0.134 e. The Labute approximate surface area is 112 Å². The number of rotatable bonds is 4. The van der Waals surface area contributed by atoms with Gasteiger partial charge in [-0.2, -0.15) is 5.10 Å². The minimum absolute atomic E-state index is 0.0647. The van der Waals surface area contributed by atoms with E-state index in [4.69, 9.17) is 4.42 Å². The van der Waals surface area contributed by atoms with Gasteiger partial charge in [-0.1, -0.05) is 25.1 Å². The summed E-state index contributed by atoms with van der Waals surface area (Å²) in [6.45, 7) is 2.97. The molecule has 19 heavy (non-hydrogen) atoms. The van der Waals surface area contributed by atoms with Crippen LogP contribution in [0.2, 0.25) is 0 Å². The zero-order chi connectivity index (χ0) is 13.2. The molecule has 0 aliphatic heterocycles. The van der Waals surface area contributed by atoms with E-state index in [1.54, 1.807) is 0 Å². The fourth-order valence-corrected chi connectivity index (χ4v) is 2.39. The van der Waals surface area contributed by atoms with Crippen molar-refractivity contribution < 1.29 is 4.42 Å². The zero-order valence-electron chi connectivity index (χ0n) is 11.1. The number of benzene rings is 1. The van der Waals surface area contributed by atoms with Gasteiger partial charge in [0.15, 0.2) is 0 Å². The molecule has 0 radical (unpaired) electrons. The predicted octanol–water partition coefficient (Wildman–Crippen LogP) is 2.87. The van der Waals surface area contributed by atoms with Gasteiger partial charge in [0, 0.05) is 24.2 Å². The molecule has 0 amide bonds. The SMILES string of the molecule is CCNC(c1ccn(C)n1)c1coc2ccccc12. The van der Waals surface area contributed by atoms with E-state index in [0.29, 0.717) is 0 Å². The molecule has 2 aromatic heterocycles. The van der Waals surface area contributed by atoms with E-state index in [0.717, 1.165) is 28.8 Å². The van der Waals surface area contributed by atoms with Crippen LogP contribution in [0.25, 0.3) is 11.0 Å². The fourth-order valence-electron chi connectivity index (χ4n) is 2.39. The molecule has 0 saturated carbocycles. The molecule has 1 unspecified atom stereocenters. The number of hydrogen-bond donors (Lipinski definition) is 1. The van der Waals surface area contributed by atoms with Crippen LogP contribution in [-0.2, 0) is 7.05 Å². The van der Waals surface area contributed by atoms with E-state index in [2.05, 4.69) is 23.4 Å². The molecule has 2 heterocycles. The maximum atomic E-state index is 5.63. The average Bonchev–Trinajstić information content (AvgIpc) is 3.03. The number of fused-ring (bicyclic) bond motifs is 1. The van der Waals surface area contributed by atoms with Gasteiger partial charge >= 0.3 is 0 Å². The quantitative estimate of drug-likeness (QED) is 0.779. The Morgan fingerprint density at radius 3 is 2.89 bits per heavy atom. The van der Waals surface area contributed by atoms with Gasteiger partial charge in [0.25, 0.3) is 0 Å². The van der Waals surface area contributed by atoms with Crippen molar-refractivity contribution in [3.05, 3.63) is 54.0 Å². The summed E-state index contributed by atoms with van der Waals surface area (Å²) in [5, 5.41) is 9.11. The lowest BCUT2D eigenvalue weighted by Crippen LogP contribution is -2.22. The standard InChI is InChI=1S/C15H17N3O/c1-3-16-15(13-8-9-18(2)17-13)12-10-19-14-7-5-4-6-11(12)14/h4-10,15-16H,3H2,1-2H3. The second-order valence-corrected chi connectivity index (χ2v) is 4.59. The largest absolute Gasteiger partial charge is 0.464 e. The fraction of sp³-hybridized carbons (Fsp3) is 0.267. The summed E-state index contributed by atoms with van der Waals surface area (Å²) in [6, 6.07) is 10.2. The Hall–Kier alpha value is -2.07. The summed E-state index contributed by atoms with van der Waals surface area (Å²) < 4.78 is 7.45. The van der Waals surface area contributed by atoms with Crippen LogP contribution in [0.5, 0.6) is 0 Å². The Morgan fingerprint density at radius 2 is 2.16 bits per heavy atom.